The molecule has 1 N–H and O–H groups in total. The molecule has 0 bridgehead atoms. The first-order valence-corrected chi connectivity index (χ1v) is 8.83. The maximum atomic E-state index is 12.3. The highest BCUT2D eigenvalue weighted by atomic mass is 79.9. The molecule has 3 nitrogen and oxygen atoms in total. The molecule has 0 spiro atoms. The molecule has 2 aromatic rings. The molecule has 0 radical (unpaired) electrons. The molecule has 23 heavy (non-hydrogen) atoms. The third-order valence-corrected chi connectivity index (χ3v) is 4.96. The van der Waals surface area contributed by atoms with Gasteiger partial charge in [0.25, 0.3) is 5.91 Å². The largest absolute Gasteiger partial charge is 0.371 e. The van der Waals surface area contributed by atoms with Crippen LogP contribution >= 0.6 is 15.9 Å². The fraction of sp³-hybridized carbons (Fsp3) is 0.316. The van der Waals surface area contributed by atoms with Crippen molar-refractivity contribution in [1.29, 1.82) is 0 Å². The van der Waals surface area contributed by atoms with Crippen LogP contribution in [0.15, 0.2) is 53.0 Å². The molecule has 1 aliphatic rings. The highest BCUT2D eigenvalue weighted by molar-refractivity contribution is 9.10. The first-order valence-electron chi connectivity index (χ1n) is 8.04. The van der Waals surface area contributed by atoms with Gasteiger partial charge in [-0.05, 0) is 71.1 Å². The average molecular weight is 373 g/mol. The van der Waals surface area contributed by atoms with Crippen LogP contribution in [0.3, 0.4) is 0 Å². The Kier molecular flexibility index (Phi) is 5.01. The van der Waals surface area contributed by atoms with Crippen molar-refractivity contribution in [2.75, 3.05) is 23.3 Å². The van der Waals surface area contributed by atoms with E-state index in [9.17, 15) is 4.79 Å². The van der Waals surface area contributed by atoms with Gasteiger partial charge in [-0.3, -0.25) is 4.79 Å². The van der Waals surface area contributed by atoms with Gasteiger partial charge in [-0.1, -0.05) is 19.1 Å². The Hall–Kier alpha value is -1.81. The summed E-state index contributed by atoms with van der Waals surface area (Å²) in [7, 11) is 0. The van der Waals surface area contributed by atoms with Crippen LogP contribution in [0.4, 0.5) is 11.4 Å². The zero-order valence-electron chi connectivity index (χ0n) is 13.3. The molecule has 1 atom stereocenters. The summed E-state index contributed by atoms with van der Waals surface area (Å²) in [5, 5.41) is 2.95. The van der Waals surface area contributed by atoms with Crippen LogP contribution in [0.5, 0.6) is 0 Å². The first-order chi connectivity index (χ1) is 11.1. The molecule has 1 fully saturated rings. The number of carbonyl (C=O) groups excluding carboxylic acids is 1. The van der Waals surface area contributed by atoms with Crippen molar-refractivity contribution in [2.45, 2.75) is 19.8 Å². The Balaban J connectivity index is 1.68. The summed E-state index contributed by atoms with van der Waals surface area (Å²) < 4.78 is 0.802. The summed E-state index contributed by atoms with van der Waals surface area (Å²) >= 11 is 3.41. The number of hydrogen-bond donors (Lipinski definition) is 1. The Morgan fingerprint density at radius 1 is 1.17 bits per heavy atom. The number of amides is 1. The summed E-state index contributed by atoms with van der Waals surface area (Å²) in [6.45, 7) is 4.54. The van der Waals surface area contributed by atoms with E-state index in [1.165, 1.54) is 18.5 Å². The zero-order chi connectivity index (χ0) is 16.2. The van der Waals surface area contributed by atoms with E-state index in [-0.39, 0.29) is 5.91 Å². The molecule has 4 heteroatoms. The van der Waals surface area contributed by atoms with Gasteiger partial charge in [-0.2, -0.15) is 0 Å². The number of nitrogens with zero attached hydrogens (tertiary/aromatic N) is 1. The van der Waals surface area contributed by atoms with E-state index in [0.717, 1.165) is 29.2 Å². The maximum Gasteiger partial charge on any atom is 0.256 e. The molecule has 1 heterocycles. The monoisotopic (exact) mass is 372 g/mol. The molecule has 1 amide bonds. The van der Waals surface area contributed by atoms with Crippen LogP contribution in [0, 0.1) is 5.92 Å². The number of anilines is 2. The molecule has 0 saturated carbocycles. The molecule has 1 aliphatic heterocycles. The number of halogens is 1. The third kappa shape index (κ3) is 3.94. The summed E-state index contributed by atoms with van der Waals surface area (Å²) in [5.74, 6) is 0.648. The van der Waals surface area contributed by atoms with E-state index >= 15 is 0 Å². The summed E-state index contributed by atoms with van der Waals surface area (Å²) in [6.07, 6.45) is 2.57. The minimum atomic E-state index is -0.100. The normalized spacial score (nSPS) is 17.8. The van der Waals surface area contributed by atoms with Gasteiger partial charge >= 0.3 is 0 Å². The molecule has 3 rings (SSSR count). The van der Waals surface area contributed by atoms with E-state index in [4.69, 9.17) is 0 Å². The lowest BCUT2D eigenvalue weighted by molar-refractivity contribution is 0.102. The Morgan fingerprint density at radius 3 is 2.61 bits per heavy atom. The standard InChI is InChI=1S/C19H21BrN2O/c1-14-5-4-12-22(13-14)16-10-8-15(9-11-16)21-19(23)17-6-2-3-7-18(17)20/h2-3,6-11,14H,4-5,12-13H2,1H3,(H,21,23). The minimum Gasteiger partial charge on any atom is -0.371 e. The summed E-state index contributed by atoms with van der Waals surface area (Å²) in [4.78, 5) is 14.7. The van der Waals surface area contributed by atoms with E-state index in [1.54, 1.807) is 0 Å². The Morgan fingerprint density at radius 2 is 1.91 bits per heavy atom. The van der Waals surface area contributed by atoms with Crippen molar-refractivity contribution >= 4 is 33.2 Å². The second-order valence-corrected chi connectivity index (χ2v) is 7.03. The van der Waals surface area contributed by atoms with Crippen LogP contribution < -0.4 is 10.2 Å². The van der Waals surface area contributed by atoms with Crippen LogP contribution in [0.2, 0.25) is 0 Å². The van der Waals surface area contributed by atoms with E-state index in [2.05, 4.69) is 45.2 Å². The predicted molar refractivity (Wildman–Crippen MR) is 99.1 cm³/mol. The van der Waals surface area contributed by atoms with Crippen molar-refractivity contribution in [1.82, 2.24) is 0 Å². The molecule has 1 unspecified atom stereocenters. The second kappa shape index (κ2) is 7.18. The van der Waals surface area contributed by atoms with Gasteiger partial charge in [0.15, 0.2) is 0 Å². The van der Waals surface area contributed by atoms with Crippen molar-refractivity contribution in [2.24, 2.45) is 5.92 Å². The molecule has 2 aromatic carbocycles. The Bertz CT molecular complexity index is 684. The number of benzene rings is 2. The van der Waals surface area contributed by atoms with Crippen LogP contribution in [-0.2, 0) is 0 Å². The molecule has 1 saturated heterocycles. The fourth-order valence-electron chi connectivity index (χ4n) is 3.02. The highest BCUT2D eigenvalue weighted by Crippen LogP contribution is 2.25. The minimum absolute atomic E-state index is 0.100. The van der Waals surface area contributed by atoms with Crippen molar-refractivity contribution in [3.8, 4) is 0 Å². The van der Waals surface area contributed by atoms with E-state index < -0.39 is 0 Å². The molecular formula is C19H21BrN2O. The lowest BCUT2D eigenvalue weighted by Crippen LogP contribution is -2.34. The van der Waals surface area contributed by atoms with Gasteiger partial charge in [0.05, 0.1) is 5.56 Å². The predicted octanol–water partition coefficient (Wildman–Crippen LogP) is 4.94. The lowest BCUT2D eigenvalue weighted by Gasteiger charge is -2.32. The smallest absolute Gasteiger partial charge is 0.256 e. The third-order valence-electron chi connectivity index (χ3n) is 4.27. The SMILES string of the molecule is CC1CCCN(c2ccc(NC(=O)c3ccccc3Br)cc2)C1. The molecule has 0 aliphatic carbocycles. The van der Waals surface area contributed by atoms with Gasteiger partial charge in [-0.25, -0.2) is 0 Å². The van der Waals surface area contributed by atoms with Gasteiger partial charge in [0, 0.05) is 28.9 Å². The van der Waals surface area contributed by atoms with Crippen molar-refractivity contribution in [3.63, 3.8) is 0 Å². The van der Waals surface area contributed by atoms with Gasteiger partial charge in [-0.15, -0.1) is 0 Å². The lowest BCUT2D eigenvalue weighted by atomic mass is 10.00. The number of nitrogens with one attached hydrogen (secondary N) is 1. The van der Waals surface area contributed by atoms with Crippen LogP contribution in [-0.4, -0.2) is 19.0 Å². The highest BCUT2D eigenvalue weighted by Gasteiger charge is 2.16. The number of hydrogen-bond acceptors (Lipinski definition) is 2. The molecule has 0 aromatic heterocycles. The average Bonchev–Trinajstić information content (AvgIpc) is 2.56. The van der Waals surface area contributed by atoms with Crippen LogP contribution in [0.1, 0.15) is 30.1 Å². The maximum absolute atomic E-state index is 12.3. The number of piperidine rings is 1. The van der Waals surface area contributed by atoms with Crippen LogP contribution in [0.25, 0.3) is 0 Å². The fourth-order valence-corrected chi connectivity index (χ4v) is 3.49. The second-order valence-electron chi connectivity index (χ2n) is 6.17. The number of rotatable bonds is 3. The summed E-state index contributed by atoms with van der Waals surface area (Å²) in [6, 6.07) is 15.6. The number of carbonyl (C=O) groups is 1. The van der Waals surface area contributed by atoms with Crippen molar-refractivity contribution in [3.05, 3.63) is 58.6 Å². The molecular weight excluding hydrogens is 352 g/mol. The molecule has 120 valence electrons. The summed E-state index contributed by atoms with van der Waals surface area (Å²) in [5.41, 5.74) is 2.69. The first kappa shape index (κ1) is 16.1. The van der Waals surface area contributed by atoms with Gasteiger partial charge < -0.3 is 10.2 Å². The Labute approximate surface area is 145 Å². The van der Waals surface area contributed by atoms with Gasteiger partial charge in [0.1, 0.15) is 0 Å². The van der Waals surface area contributed by atoms with Gasteiger partial charge in [0.2, 0.25) is 0 Å². The zero-order valence-corrected chi connectivity index (χ0v) is 14.8. The quantitative estimate of drug-likeness (QED) is 0.827. The van der Waals surface area contributed by atoms with E-state index in [0.29, 0.717) is 5.56 Å². The van der Waals surface area contributed by atoms with Crippen molar-refractivity contribution < 1.29 is 4.79 Å². The van der Waals surface area contributed by atoms with E-state index in [1.807, 2.05) is 36.4 Å². The topological polar surface area (TPSA) is 32.3 Å².